The Morgan fingerprint density at radius 1 is 1.07 bits per heavy atom. The standard InChI is InChI=1S/C22H23ClO7/c23-16-3-2-15(9-14(16)8-12-1-4-17-13(7-12)5-6-28-17)22-20(27)18(25)19(26)21(10-24,30-22)11-29-22/h1-4,7,9,18-20,24-27H,5-6,8,10-11H2/t18-,19-,20-,21-,22-/m0/s1. The molecule has 2 aromatic carbocycles. The van der Waals surface area contributed by atoms with E-state index in [1.807, 2.05) is 12.1 Å². The normalized spacial score (nSPS) is 34.6. The van der Waals surface area contributed by atoms with E-state index in [2.05, 4.69) is 6.07 Å². The van der Waals surface area contributed by atoms with Gasteiger partial charge in [-0.2, -0.15) is 0 Å². The molecule has 0 amide bonds. The molecule has 5 atom stereocenters. The highest BCUT2D eigenvalue weighted by molar-refractivity contribution is 6.31. The van der Waals surface area contributed by atoms with Crippen molar-refractivity contribution in [3.8, 4) is 5.75 Å². The van der Waals surface area contributed by atoms with Gasteiger partial charge in [-0.3, -0.25) is 0 Å². The Bertz CT molecular complexity index is 982. The maximum absolute atomic E-state index is 10.7. The van der Waals surface area contributed by atoms with E-state index in [0.717, 1.165) is 28.9 Å². The summed E-state index contributed by atoms with van der Waals surface area (Å²) in [5, 5.41) is 41.7. The molecule has 3 heterocycles. The van der Waals surface area contributed by atoms with Crippen LogP contribution in [0.2, 0.25) is 5.02 Å². The van der Waals surface area contributed by atoms with Crippen LogP contribution in [0.15, 0.2) is 36.4 Å². The van der Waals surface area contributed by atoms with Gasteiger partial charge >= 0.3 is 0 Å². The van der Waals surface area contributed by atoms with Crippen molar-refractivity contribution < 1.29 is 34.6 Å². The fourth-order valence-corrected chi connectivity index (χ4v) is 4.76. The van der Waals surface area contributed by atoms with Crippen molar-refractivity contribution in [3.63, 3.8) is 0 Å². The van der Waals surface area contributed by atoms with Crippen molar-refractivity contribution in [2.75, 3.05) is 19.8 Å². The maximum Gasteiger partial charge on any atom is 0.225 e. The first-order valence-corrected chi connectivity index (χ1v) is 10.3. The van der Waals surface area contributed by atoms with Crippen LogP contribution in [0.3, 0.4) is 0 Å². The molecule has 4 N–H and O–H groups in total. The SMILES string of the molecule is OC[C@@]12CO[C@@](c3ccc(Cl)c(Cc4ccc5c(c4)CCO5)c3)(O1)[C@@H](O)[C@@H](O)[C@@H]2O. The second-order valence-electron chi connectivity index (χ2n) is 8.18. The molecule has 0 radical (unpaired) electrons. The first-order valence-electron chi connectivity index (χ1n) is 9.91. The molecule has 2 fully saturated rings. The van der Waals surface area contributed by atoms with E-state index in [0.29, 0.717) is 23.6 Å². The molecule has 2 bridgehead atoms. The van der Waals surface area contributed by atoms with Crippen LogP contribution in [-0.4, -0.2) is 64.2 Å². The monoisotopic (exact) mass is 434 g/mol. The van der Waals surface area contributed by atoms with E-state index in [9.17, 15) is 20.4 Å². The predicted molar refractivity (Wildman–Crippen MR) is 106 cm³/mol. The van der Waals surface area contributed by atoms with Crippen molar-refractivity contribution in [3.05, 3.63) is 63.7 Å². The van der Waals surface area contributed by atoms with Gasteiger partial charge < -0.3 is 34.6 Å². The van der Waals surface area contributed by atoms with Crippen molar-refractivity contribution in [1.29, 1.82) is 0 Å². The molecule has 0 aliphatic carbocycles. The molecule has 30 heavy (non-hydrogen) atoms. The minimum Gasteiger partial charge on any atom is -0.493 e. The third kappa shape index (κ3) is 2.89. The smallest absolute Gasteiger partial charge is 0.225 e. The van der Waals surface area contributed by atoms with Crippen LogP contribution in [0.5, 0.6) is 5.75 Å². The van der Waals surface area contributed by atoms with E-state index < -0.39 is 36.3 Å². The molecule has 8 heteroatoms. The average Bonchev–Trinajstić information content (AvgIpc) is 3.37. The van der Waals surface area contributed by atoms with Crippen LogP contribution in [0.1, 0.15) is 22.3 Å². The van der Waals surface area contributed by atoms with Crippen molar-refractivity contribution in [2.45, 2.75) is 42.5 Å². The minimum absolute atomic E-state index is 0.165. The summed E-state index contributed by atoms with van der Waals surface area (Å²) < 4.78 is 17.3. The average molecular weight is 435 g/mol. The Morgan fingerprint density at radius 2 is 1.90 bits per heavy atom. The lowest BCUT2D eigenvalue weighted by Gasteiger charge is -2.46. The molecule has 2 saturated heterocycles. The molecule has 5 rings (SSSR count). The van der Waals surface area contributed by atoms with E-state index in [-0.39, 0.29) is 6.61 Å². The molecule has 2 aromatic rings. The Hall–Kier alpha value is -1.71. The van der Waals surface area contributed by atoms with Gasteiger partial charge in [0.1, 0.15) is 29.7 Å². The Morgan fingerprint density at radius 3 is 2.70 bits per heavy atom. The molecule has 160 valence electrons. The highest BCUT2D eigenvalue weighted by atomic mass is 35.5. The highest BCUT2D eigenvalue weighted by Crippen LogP contribution is 2.49. The van der Waals surface area contributed by atoms with E-state index in [4.69, 9.17) is 25.8 Å². The zero-order valence-electron chi connectivity index (χ0n) is 16.1. The summed E-state index contributed by atoms with van der Waals surface area (Å²) in [6.07, 6.45) is -3.14. The second kappa shape index (κ2) is 7.17. The minimum atomic E-state index is -1.70. The number of fused-ring (bicyclic) bond motifs is 3. The Balaban J connectivity index is 1.50. The van der Waals surface area contributed by atoms with Crippen LogP contribution in [0, 0.1) is 0 Å². The van der Waals surface area contributed by atoms with Crippen LogP contribution < -0.4 is 4.74 Å². The quantitative estimate of drug-likeness (QED) is 0.566. The van der Waals surface area contributed by atoms with Gasteiger partial charge in [0.25, 0.3) is 0 Å². The van der Waals surface area contributed by atoms with E-state index >= 15 is 0 Å². The van der Waals surface area contributed by atoms with Crippen LogP contribution in [0.25, 0.3) is 0 Å². The Kier molecular flexibility index (Phi) is 4.83. The van der Waals surface area contributed by atoms with Crippen LogP contribution in [-0.2, 0) is 28.1 Å². The summed E-state index contributed by atoms with van der Waals surface area (Å²) in [4.78, 5) is 0. The first kappa shape index (κ1) is 20.2. The summed E-state index contributed by atoms with van der Waals surface area (Å²) in [5.74, 6) is -0.796. The number of hydrogen-bond acceptors (Lipinski definition) is 7. The lowest BCUT2D eigenvalue weighted by Crippen LogP contribution is -2.65. The fourth-order valence-electron chi connectivity index (χ4n) is 4.57. The molecule has 0 saturated carbocycles. The molecule has 3 aliphatic rings. The molecule has 0 unspecified atom stereocenters. The summed E-state index contributed by atoms with van der Waals surface area (Å²) in [7, 11) is 0. The first-order chi connectivity index (χ1) is 14.4. The van der Waals surface area contributed by atoms with Gasteiger partial charge in [-0.1, -0.05) is 29.8 Å². The van der Waals surface area contributed by atoms with Gasteiger partial charge in [0, 0.05) is 17.0 Å². The largest absolute Gasteiger partial charge is 0.493 e. The second-order valence-corrected chi connectivity index (χ2v) is 8.59. The number of ether oxygens (including phenoxy) is 3. The predicted octanol–water partition coefficient (Wildman–Crippen LogP) is 0.893. The van der Waals surface area contributed by atoms with Gasteiger partial charge in [-0.05, 0) is 41.3 Å². The summed E-state index contributed by atoms with van der Waals surface area (Å²) in [6, 6.07) is 11.2. The zero-order valence-corrected chi connectivity index (χ0v) is 16.9. The van der Waals surface area contributed by atoms with Crippen LogP contribution >= 0.6 is 11.6 Å². The summed E-state index contributed by atoms with van der Waals surface area (Å²) in [6.45, 7) is -0.0379. The van der Waals surface area contributed by atoms with Crippen molar-refractivity contribution in [1.82, 2.24) is 0 Å². The van der Waals surface area contributed by atoms with E-state index in [1.165, 1.54) is 0 Å². The molecule has 0 aromatic heterocycles. The molecular weight excluding hydrogens is 412 g/mol. The van der Waals surface area contributed by atoms with Crippen molar-refractivity contribution >= 4 is 11.6 Å². The maximum atomic E-state index is 10.7. The third-order valence-corrected chi connectivity index (χ3v) is 6.69. The lowest BCUT2D eigenvalue weighted by molar-refractivity contribution is -0.329. The van der Waals surface area contributed by atoms with Gasteiger partial charge in [0.05, 0.1) is 19.8 Å². The number of rotatable bonds is 4. The summed E-state index contributed by atoms with van der Waals surface area (Å²) >= 11 is 6.45. The van der Waals surface area contributed by atoms with Crippen LogP contribution in [0.4, 0.5) is 0 Å². The van der Waals surface area contributed by atoms with Crippen molar-refractivity contribution in [2.24, 2.45) is 0 Å². The van der Waals surface area contributed by atoms with Gasteiger partial charge in [-0.15, -0.1) is 0 Å². The highest BCUT2D eigenvalue weighted by Gasteiger charge is 2.67. The Labute approximate surface area is 178 Å². The molecular formula is C22H23ClO7. The zero-order chi connectivity index (χ0) is 21.1. The van der Waals surface area contributed by atoms with Gasteiger partial charge in [-0.25, -0.2) is 0 Å². The third-order valence-electron chi connectivity index (χ3n) is 6.33. The molecule has 0 spiro atoms. The lowest BCUT2D eigenvalue weighted by atomic mass is 9.83. The summed E-state index contributed by atoms with van der Waals surface area (Å²) in [5.41, 5.74) is 1.98. The number of halogens is 1. The number of aliphatic hydroxyl groups excluding tert-OH is 4. The molecule has 7 nitrogen and oxygen atoms in total. The fraction of sp³-hybridized carbons (Fsp3) is 0.455. The topological polar surface area (TPSA) is 109 Å². The number of hydrogen-bond donors (Lipinski definition) is 4. The number of aliphatic hydroxyl groups is 4. The molecule has 3 aliphatic heterocycles. The van der Waals surface area contributed by atoms with Gasteiger partial charge in [0.2, 0.25) is 5.79 Å². The van der Waals surface area contributed by atoms with Gasteiger partial charge in [0.15, 0.2) is 0 Å². The number of benzene rings is 2. The van der Waals surface area contributed by atoms with E-state index in [1.54, 1.807) is 18.2 Å².